The minimum Gasteiger partial charge on any atom is -0.443 e. The molecule has 0 radical (unpaired) electrons. The van der Waals surface area contributed by atoms with Gasteiger partial charge in [-0.05, 0) is 29.3 Å². The molecule has 1 aliphatic rings. The maximum Gasteiger partial charge on any atom is 0.287 e. The molecule has 1 aromatic heterocycles. The predicted molar refractivity (Wildman–Crippen MR) is 75.3 cm³/mol. The molecule has 0 bridgehead atoms. The van der Waals surface area contributed by atoms with Gasteiger partial charge in [0, 0.05) is 35.3 Å². The van der Waals surface area contributed by atoms with Gasteiger partial charge in [-0.25, -0.2) is 8.42 Å². The molecule has 2 unspecified atom stereocenters. The van der Waals surface area contributed by atoms with Crippen LogP contribution in [-0.4, -0.2) is 33.6 Å². The van der Waals surface area contributed by atoms with Gasteiger partial charge in [-0.2, -0.15) is 0 Å². The predicted octanol–water partition coefficient (Wildman–Crippen LogP) is 2.12. The van der Waals surface area contributed by atoms with Crippen LogP contribution < -0.4 is 5.32 Å². The van der Waals surface area contributed by atoms with Crippen LogP contribution in [0.4, 0.5) is 0 Å². The molecule has 1 fully saturated rings. The van der Waals surface area contributed by atoms with Crippen LogP contribution in [0.3, 0.4) is 0 Å². The molecule has 0 aromatic carbocycles. The van der Waals surface area contributed by atoms with Crippen LogP contribution >= 0.6 is 26.6 Å². The Morgan fingerprint density at radius 3 is 2.80 bits per heavy atom. The quantitative estimate of drug-likeness (QED) is 0.801. The van der Waals surface area contributed by atoms with Gasteiger partial charge in [0.1, 0.15) is 4.90 Å². The number of hydrogen-bond acceptors (Lipinski definition) is 5. The molecule has 20 heavy (non-hydrogen) atoms. The lowest BCUT2D eigenvalue weighted by molar-refractivity contribution is 0.0893. The molecular formula is C11H13BrClNO5S. The third-order valence-corrected chi connectivity index (χ3v) is 5.35. The van der Waals surface area contributed by atoms with Crippen LogP contribution in [0.25, 0.3) is 0 Å². The monoisotopic (exact) mass is 385 g/mol. The van der Waals surface area contributed by atoms with Crippen molar-refractivity contribution < 1.29 is 22.4 Å². The Morgan fingerprint density at radius 1 is 1.60 bits per heavy atom. The fourth-order valence-electron chi connectivity index (χ4n) is 1.97. The lowest BCUT2D eigenvalue weighted by atomic mass is 10.0. The van der Waals surface area contributed by atoms with Gasteiger partial charge in [0.2, 0.25) is 0 Å². The molecule has 0 spiro atoms. The first-order valence-electron chi connectivity index (χ1n) is 5.91. The average molecular weight is 387 g/mol. The van der Waals surface area contributed by atoms with E-state index in [1.165, 1.54) is 0 Å². The zero-order valence-electron chi connectivity index (χ0n) is 10.6. The molecule has 1 amide bonds. The second kappa shape index (κ2) is 6.05. The van der Waals surface area contributed by atoms with E-state index in [9.17, 15) is 13.2 Å². The minimum atomic E-state index is -3.96. The first kappa shape index (κ1) is 15.8. The van der Waals surface area contributed by atoms with Crippen LogP contribution in [0.2, 0.25) is 0 Å². The van der Waals surface area contributed by atoms with Crippen molar-refractivity contribution in [2.45, 2.75) is 24.3 Å². The van der Waals surface area contributed by atoms with Gasteiger partial charge in [-0.15, -0.1) is 0 Å². The Labute approximate surface area is 129 Å². The van der Waals surface area contributed by atoms with Gasteiger partial charge in [-0.3, -0.25) is 4.79 Å². The number of furan rings is 1. The van der Waals surface area contributed by atoms with Crippen molar-refractivity contribution in [3.8, 4) is 0 Å². The van der Waals surface area contributed by atoms with Crippen LogP contribution in [0.1, 0.15) is 23.9 Å². The second-order valence-electron chi connectivity index (χ2n) is 4.57. The number of carbonyl (C=O) groups is 1. The molecule has 0 saturated carbocycles. The van der Waals surface area contributed by atoms with E-state index in [2.05, 4.69) is 21.2 Å². The van der Waals surface area contributed by atoms with E-state index < -0.39 is 15.0 Å². The van der Waals surface area contributed by atoms with Crippen molar-refractivity contribution >= 4 is 41.6 Å². The lowest BCUT2D eigenvalue weighted by Crippen LogP contribution is -2.38. The van der Waals surface area contributed by atoms with Crippen molar-refractivity contribution in [1.82, 2.24) is 5.32 Å². The molecule has 0 aliphatic carbocycles. The molecule has 2 heterocycles. The number of amides is 1. The third-order valence-electron chi connectivity index (χ3n) is 3.17. The zero-order chi connectivity index (χ0) is 14.9. The van der Waals surface area contributed by atoms with Crippen molar-refractivity contribution in [3.05, 3.63) is 16.5 Å². The highest BCUT2D eigenvalue weighted by Gasteiger charge is 2.27. The summed E-state index contributed by atoms with van der Waals surface area (Å²) in [5, 5.41) is 2.76. The summed E-state index contributed by atoms with van der Waals surface area (Å²) < 4.78 is 32.7. The lowest BCUT2D eigenvalue weighted by Gasteiger charge is -2.18. The number of rotatable bonds is 4. The Bertz CT molecular complexity index is 608. The first-order chi connectivity index (χ1) is 9.29. The van der Waals surface area contributed by atoms with Crippen molar-refractivity contribution in [2.24, 2.45) is 5.92 Å². The summed E-state index contributed by atoms with van der Waals surface area (Å²) in [4.78, 5) is 11.7. The van der Waals surface area contributed by atoms with E-state index in [-0.39, 0.29) is 27.3 Å². The van der Waals surface area contributed by atoms with Crippen LogP contribution in [0.5, 0.6) is 0 Å². The molecule has 2 rings (SSSR count). The fourth-order valence-corrected chi connectivity index (χ4v) is 4.01. The summed E-state index contributed by atoms with van der Waals surface area (Å²) in [6.45, 7) is 3.16. The number of halogens is 2. The highest BCUT2D eigenvalue weighted by atomic mass is 79.9. The van der Waals surface area contributed by atoms with E-state index in [4.69, 9.17) is 19.8 Å². The maximum absolute atomic E-state index is 12.0. The molecule has 112 valence electrons. The van der Waals surface area contributed by atoms with E-state index in [0.717, 1.165) is 12.5 Å². The van der Waals surface area contributed by atoms with E-state index in [0.29, 0.717) is 13.2 Å². The highest BCUT2D eigenvalue weighted by Crippen LogP contribution is 2.29. The molecule has 1 N–H and O–H groups in total. The number of ether oxygens (including phenoxy) is 1. The largest absolute Gasteiger partial charge is 0.443 e. The van der Waals surface area contributed by atoms with Crippen LogP contribution in [0, 0.1) is 5.92 Å². The van der Waals surface area contributed by atoms with E-state index in [1.54, 1.807) is 0 Å². The normalized spacial score (nSPS) is 20.9. The van der Waals surface area contributed by atoms with E-state index >= 15 is 0 Å². The second-order valence-corrected chi connectivity index (χ2v) is 7.83. The SMILES string of the molecule is CC(NC(=O)c1cc(S(=O)(=O)Cl)c(Br)o1)C1CCOC1. The molecular weight excluding hydrogens is 374 g/mol. The molecule has 1 saturated heterocycles. The Morgan fingerprint density at radius 2 is 2.30 bits per heavy atom. The van der Waals surface area contributed by atoms with Gasteiger partial charge in [0.05, 0.1) is 6.61 Å². The fraction of sp³-hybridized carbons (Fsp3) is 0.545. The van der Waals surface area contributed by atoms with E-state index in [1.807, 2.05) is 6.92 Å². The zero-order valence-corrected chi connectivity index (χ0v) is 13.7. The minimum absolute atomic E-state index is 0.0884. The summed E-state index contributed by atoms with van der Waals surface area (Å²) in [5.74, 6) is -0.355. The summed E-state index contributed by atoms with van der Waals surface area (Å²) in [7, 11) is 1.27. The third kappa shape index (κ3) is 3.55. The van der Waals surface area contributed by atoms with Crippen molar-refractivity contribution in [2.75, 3.05) is 13.2 Å². The molecule has 9 heteroatoms. The van der Waals surface area contributed by atoms with Crippen LogP contribution in [-0.2, 0) is 13.8 Å². The molecule has 1 aromatic rings. The number of hydrogen-bond donors (Lipinski definition) is 1. The smallest absolute Gasteiger partial charge is 0.287 e. The van der Waals surface area contributed by atoms with Crippen molar-refractivity contribution in [1.29, 1.82) is 0 Å². The highest BCUT2D eigenvalue weighted by molar-refractivity contribution is 9.10. The van der Waals surface area contributed by atoms with Crippen molar-refractivity contribution in [3.63, 3.8) is 0 Å². The maximum atomic E-state index is 12.0. The first-order valence-corrected chi connectivity index (χ1v) is 9.02. The summed E-state index contributed by atoms with van der Waals surface area (Å²) >= 11 is 2.92. The summed E-state index contributed by atoms with van der Waals surface area (Å²) in [6, 6.07) is 1.00. The van der Waals surface area contributed by atoms with Gasteiger partial charge in [0.15, 0.2) is 10.4 Å². The topological polar surface area (TPSA) is 85.6 Å². The molecule has 6 nitrogen and oxygen atoms in total. The van der Waals surface area contributed by atoms with Gasteiger partial charge < -0.3 is 14.5 Å². The molecule has 1 aliphatic heterocycles. The number of carbonyl (C=O) groups excluding carboxylic acids is 1. The van der Waals surface area contributed by atoms with Crippen LogP contribution in [0.15, 0.2) is 20.0 Å². The average Bonchev–Trinajstić information content (AvgIpc) is 2.95. The molecule has 2 atom stereocenters. The standard InChI is InChI=1S/C11H13BrClNO5S/c1-6(7-2-3-18-5-7)14-11(15)8-4-9(10(12)19-8)20(13,16)17/h4,6-7H,2-3,5H2,1H3,(H,14,15). The van der Waals surface area contributed by atoms with Gasteiger partial charge in [0.25, 0.3) is 15.0 Å². The van der Waals surface area contributed by atoms with Gasteiger partial charge >= 0.3 is 0 Å². The Kier molecular flexibility index (Phi) is 4.78. The van der Waals surface area contributed by atoms with Gasteiger partial charge in [-0.1, -0.05) is 0 Å². The Hall–Kier alpha value is -0.570. The summed E-state index contributed by atoms with van der Waals surface area (Å²) in [6.07, 6.45) is 0.880. The summed E-state index contributed by atoms with van der Waals surface area (Å²) in [5.41, 5.74) is 0. The Balaban J connectivity index is 2.10. The number of nitrogens with one attached hydrogen (secondary N) is 1.